The number of halogens is 4. The fourth-order valence-corrected chi connectivity index (χ4v) is 1.97. The molecule has 0 fully saturated rings. The molecule has 0 saturated heterocycles. The topological polar surface area (TPSA) is 37.3 Å². The van der Waals surface area contributed by atoms with Gasteiger partial charge >= 0.3 is 12.1 Å². The van der Waals surface area contributed by atoms with Gasteiger partial charge < -0.3 is 5.11 Å². The van der Waals surface area contributed by atoms with Gasteiger partial charge in [0, 0.05) is 10.6 Å². The first-order chi connectivity index (χ1) is 9.29. The van der Waals surface area contributed by atoms with Gasteiger partial charge in [-0.2, -0.15) is 13.2 Å². The molecule has 0 bridgehead atoms. The highest BCUT2D eigenvalue weighted by Crippen LogP contribution is 2.36. The van der Waals surface area contributed by atoms with Crippen molar-refractivity contribution in [2.75, 3.05) is 0 Å². The largest absolute Gasteiger partial charge is 0.478 e. The fourth-order valence-electron chi connectivity index (χ4n) is 1.74. The average molecular weight is 301 g/mol. The Balaban J connectivity index is 2.57. The number of rotatable bonds is 2. The zero-order chi connectivity index (χ0) is 14.9. The Hall–Kier alpha value is -2.01. The molecule has 0 aliphatic heterocycles. The van der Waals surface area contributed by atoms with E-state index in [0.29, 0.717) is 5.56 Å². The van der Waals surface area contributed by atoms with Crippen molar-refractivity contribution in [2.24, 2.45) is 0 Å². The first-order valence-corrected chi connectivity index (χ1v) is 5.87. The highest BCUT2D eigenvalue weighted by atomic mass is 35.5. The van der Waals surface area contributed by atoms with Crippen LogP contribution in [0.4, 0.5) is 13.2 Å². The van der Waals surface area contributed by atoms with Gasteiger partial charge in [-0.1, -0.05) is 23.7 Å². The minimum Gasteiger partial charge on any atom is -0.478 e. The molecular weight excluding hydrogens is 293 g/mol. The van der Waals surface area contributed by atoms with Crippen molar-refractivity contribution in [3.05, 3.63) is 58.6 Å². The van der Waals surface area contributed by atoms with Crippen molar-refractivity contribution in [1.82, 2.24) is 0 Å². The quantitative estimate of drug-likeness (QED) is 0.871. The van der Waals surface area contributed by atoms with E-state index in [1.54, 1.807) is 0 Å². The molecule has 0 radical (unpaired) electrons. The van der Waals surface area contributed by atoms with E-state index in [1.165, 1.54) is 24.3 Å². The summed E-state index contributed by atoms with van der Waals surface area (Å²) in [4.78, 5) is 10.9. The maximum Gasteiger partial charge on any atom is 0.416 e. The lowest BCUT2D eigenvalue weighted by Gasteiger charge is -2.11. The fraction of sp³-hybridized carbons (Fsp3) is 0.0714. The summed E-state index contributed by atoms with van der Waals surface area (Å²) in [6.45, 7) is 0. The summed E-state index contributed by atoms with van der Waals surface area (Å²) in [5.74, 6) is -1.16. The van der Waals surface area contributed by atoms with Gasteiger partial charge in [0.1, 0.15) is 0 Å². The lowest BCUT2D eigenvalue weighted by molar-refractivity contribution is -0.137. The Morgan fingerprint density at radius 2 is 1.80 bits per heavy atom. The van der Waals surface area contributed by atoms with E-state index < -0.39 is 17.7 Å². The molecule has 0 atom stereocenters. The van der Waals surface area contributed by atoms with Gasteiger partial charge in [-0.05, 0) is 35.9 Å². The molecule has 0 aromatic heterocycles. The SMILES string of the molecule is O=C(O)c1cccc(-c2cc(C(F)(F)F)ccc2Cl)c1. The monoisotopic (exact) mass is 300 g/mol. The van der Waals surface area contributed by atoms with E-state index in [-0.39, 0.29) is 16.1 Å². The van der Waals surface area contributed by atoms with Gasteiger partial charge in [0.05, 0.1) is 11.1 Å². The second kappa shape index (κ2) is 5.17. The molecule has 6 heteroatoms. The van der Waals surface area contributed by atoms with Crippen LogP contribution in [-0.4, -0.2) is 11.1 Å². The Morgan fingerprint density at radius 1 is 1.10 bits per heavy atom. The average Bonchev–Trinajstić information content (AvgIpc) is 2.38. The summed E-state index contributed by atoms with van der Waals surface area (Å²) in [5, 5.41) is 9.02. The second-order valence-electron chi connectivity index (χ2n) is 4.08. The van der Waals surface area contributed by atoms with Gasteiger partial charge in [0.2, 0.25) is 0 Å². The third-order valence-corrected chi connectivity index (χ3v) is 3.04. The zero-order valence-electron chi connectivity index (χ0n) is 9.91. The Bertz CT molecular complexity index is 666. The van der Waals surface area contributed by atoms with Crippen LogP contribution in [0.3, 0.4) is 0 Å². The summed E-state index contributed by atoms with van der Waals surface area (Å²) in [6.07, 6.45) is -4.48. The van der Waals surface area contributed by atoms with Crippen molar-refractivity contribution in [3.8, 4) is 11.1 Å². The lowest BCUT2D eigenvalue weighted by Crippen LogP contribution is -2.05. The molecule has 1 N–H and O–H groups in total. The highest BCUT2D eigenvalue weighted by molar-refractivity contribution is 6.33. The van der Waals surface area contributed by atoms with Crippen LogP contribution < -0.4 is 0 Å². The first-order valence-electron chi connectivity index (χ1n) is 5.49. The Morgan fingerprint density at radius 3 is 2.40 bits per heavy atom. The van der Waals surface area contributed by atoms with Crippen LogP contribution in [0.25, 0.3) is 11.1 Å². The molecule has 0 amide bonds. The van der Waals surface area contributed by atoms with Gasteiger partial charge in [-0.3, -0.25) is 0 Å². The summed E-state index contributed by atoms with van der Waals surface area (Å²) in [6, 6.07) is 8.53. The molecule has 2 aromatic carbocycles. The number of hydrogen-bond acceptors (Lipinski definition) is 1. The normalized spacial score (nSPS) is 11.4. The second-order valence-corrected chi connectivity index (χ2v) is 4.49. The van der Waals surface area contributed by atoms with Crippen LogP contribution in [0, 0.1) is 0 Å². The zero-order valence-corrected chi connectivity index (χ0v) is 10.7. The van der Waals surface area contributed by atoms with E-state index in [2.05, 4.69) is 0 Å². The number of aromatic carboxylic acids is 1. The first kappa shape index (κ1) is 14.4. The standard InChI is InChI=1S/C14H8ClF3O2/c15-12-5-4-10(14(16,17)18)7-11(12)8-2-1-3-9(6-8)13(19)20/h1-7H,(H,19,20). The Kier molecular flexibility index (Phi) is 3.72. The summed E-state index contributed by atoms with van der Waals surface area (Å²) >= 11 is 5.90. The molecule has 0 saturated carbocycles. The molecule has 0 heterocycles. The van der Waals surface area contributed by atoms with E-state index in [4.69, 9.17) is 16.7 Å². The molecule has 2 aromatic rings. The minimum absolute atomic E-state index is 0.0176. The van der Waals surface area contributed by atoms with Crippen LogP contribution in [0.15, 0.2) is 42.5 Å². The van der Waals surface area contributed by atoms with Crippen LogP contribution >= 0.6 is 11.6 Å². The number of carbonyl (C=O) groups is 1. The predicted molar refractivity (Wildman–Crippen MR) is 68.8 cm³/mol. The van der Waals surface area contributed by atoms with Crippen LogP contribution in [0.5, 0.6) is 0 Å². The van der Waals surface area contributed by atoms with E-state index in [1.807, 2.05) is 0 Å². The highest BCUT2D eigenvalue weighted by Gasteiger charge is 2.31. The molecular formula is C14H8ClF3O2. The van der Waals surface area contributed by atoms with Crippen molar-refractivity contribution in [2.45, 2.75) is 6.18 Å². The summed E-state index contributed by atoms with van der Waals surface area (Å²) in [5.41, 5.74) is -0.390. The molecule has 20 heavy (non-hydrogen) atoms. The van der Waals surface area contributed by atoms with E-state index in [9.17, 15) is 18.0 Å². The summed E-state index contributed by atoms with van der Waals surface area (Å²) in [7, 11) is 0. The molecule has 2 rings (SSSR count). The number of carboxylic acid groups (broad SMARTS) is 1. The molecule has 0 spiro atoms. The van der Waals surface area contributed by atoms with Crippen molar-refractivity contribution in [3.63, 3.8) is 0 Å². The molecule has 0 unspecified atom stereocenters. The number of alkyl halides is 3. The number of carboxylic acids is 1. The van der Waals surface area contributed by atoms with Crippen LogP contribution in [0.2, 0.25) is 5.02 Å². The maximum atomic E-state index is 12.7. The Labute approximate surface area is 117 Å². The number of benzene rings is 2. The minimum atomic E-state index is -4.48. The predicted octanol–water partition coefficient (Wildman–Crippen LogP) is 4.72. The van der Waals surface area contributed by atoms with Crippen molar-refractivity contribution in [1.29, 1.82) is 0 Å². The molecule has 0 aliphatic carbocycles. The number of hydrogen-bond donors (Lipinski definition) is 1. The van der Waals surface area contributed by atoms with E-state index in [0.717, 1.165) is 18.2 Å². The lowest BCUT2D eigenvalue weighted by atomic mass is 10.0. The van der Waals surface area contributed by atoms with Crippen LogP contribution in [0.1, 0.15) is 15.9 Å². The third-order valence-electron chi connectivity index (χ3n) is 2.71. The maximum absolute atomic E-state index is 12.7. The van der Waals surface area contributed by atoms with Gasteiger partial charge in [0.15, 0.2) is 0 Å². The molecule has 0 aliphatic rings. The third kappa shape index (κ3) is 2.93. The van der Waals surface area contributed by atoms with Crippen molar-refractivity contribution < 1.29 is 23.1 Å². The molecule has 104 valence electrons. The van der Waals surface area contributed by atoms with Crippen LogP contribution in [-0.2, 0) is 6.18 Å². The van der Waals surface area contributed by atoms with E-state index >= 15 is 0 Å². The smallest absolute Gasteiger partial charge is 0.416 e. The van der Waals surface area contributed by atoms with Crippen molar-refractivity contribution >= 4 is 17.6 Å². The summed E-state index contributed by atoms with van der Waals surface area (Å²) < 4.78 is 38.1. The molecule has 2 nitrogen and oxygen atoms in total. The van der Waals surface area contributed by atoms with Gasteiger partial charge in [-0.15, -0.1) is 0 Å². The van der Waals surface area contributed by atoms with Gasteiger partial charge in [-0.25, -0.2) is 4.79 Å². The van der Waals surface area contributed by atoms with Gasteiger partial charge in [0.25, 0.3) is 0 Å².